The van der Waals surface area contributed by atoms with E-state index in [0.29, 0.717) is 36.2 Å². The van der Waals surface area contributed by atoms with E-state index in [0.717, 1.165) is 67.5 Å². The highest BCUT2D eigenvalue weighted by Crippen LogP contribution is 2.42. The van der Waals surface area contributed by atoms with Gasteiger partial charge in [-0.05, 0) is 80.7 Å². The molecule has 2 saturated heterocycles. The van der Waals surface area contributed by atoms with Crippen LogP contribution in [0.15, 0.2) is 66.7 Å². The number of piperidine rings is 1. The number of hydrogen-bond acceptors (Lipinski definition) is 7. The van der Waals surface area contributed by atoms with Crippen molar-refractivity contribution in [2.75, 3.05) is 47.5 Å². The molecule has 1 aromatic heterocycles. The number of H-pyrrole nitrogens is 1. The fourth-order valence-electron chi connectivity index (χ4n) is 6.87. The molecule has 3 heterocycles. The SMILES string of the molecule is COc1cc(CN2CCC(CCN3CCC(C(=O)c4nc5ccccc5[nH]4)CC3)(c3ccccc3)C2=O)cc(OC)c1OC. The number of aromatic nitrogens is 2. The van der Waals surface area contributed by atoms with Crippen molar-refractivity contribution >= 4 is 22.7 Å². The number of carbonyl (C=O) groups excluding carboxylic acids is 2. The third kappa shape index (κ3) is 5.64. The van der Waals surface area contributed by atoms with Crippen LogP contribution in [0.25, 0.3) is 11.0 Å². The number of carbonyl (C=O) groups is 2. The number of benzene rings is 3. The molecule has 9 heteroatoms. The van der Waals surface area contributed by atoms with Gasteiger partial charge in [-0.3, -0.25) is 9.59 Å². The monoisotopic (exact) mass is 596 g/mol. The first-order chi connectivity index (χ1) is 21.5. The number of amides is 1. The Labute approximate surface area is 258 Å². The molecule has 9 nitrogen and oxygen atoms in total. The molecule has 2 fully saturated rings. The molecular weight excluding hydrogens is 556 g/mol. The number of fused-ring (bicyclic) bond motifs is 1. The Morgan fingerprint density at radius 3 is 2.27 bits per heavy atom. The summed E-state index contributed by atoms with van der Waals surface area (Å²) in [6, 6.07) is 21.7. The number of ketones is 1. The lowest BCUT2D eigenvalue weighted by molar-refractivity contribution is -0.133. The quantitative estimate of drug-likeness (QED) is 0.237. The summed E-state index contributed by atoms with van der Waals surface area (Å²) >= 11 is 0. The minimum Gasteiger partial charge on any atom is -0.493 e. The molecule has 230 valence electrons. The Balaban J connectivity index is 1.13. The van der Waals surface area contributed by atoms with E-state index in [4.69, 9.17) is 14.2 Å². The van der Waals surface area contributed by atoms with Gasteiger partial charge in [0.15, 0.2) is 17.3 Å². The maximum atomic E-state index is 14.3. The zero-order valence-electron chi connectivity index (χ0n) is 25.7. The van der Waals surface area contributed by atoms with E-state index in [1.165, 1.54) is 0 Å². The van der Waals surface area contributed by atoms with Gasteiger partial charge in [-0.25, -0.2) is 4.98 Å². The molecule has 3 aromatic carbocycles. The third-order valence-electron chi connectivity index (χ3n) is 9.37. The normalized spacial score (nSPS) is 19.4. The van der Waals surface area contributed by atoms with Gasteiger partial charge in [-0.15, -0.1) is 0 Å². The lowest BCUT2D eigenvalue weighted by Gasteiger charge is -2.35. The Morgan fingerprint density at radius 2 is 1.61 bits per heavy atom. The summed E-state index contributed by atoms with van der Waals surface area (Å²) in [5.41, 5.74) is 3.10. The highest BCUT2D eigenvalue weighted by Gasteiger charge is 2.47. The van der Waals surface area contributed by atoms with Crippen molar-refractivity contribution in [2.24, 2.45) is 5.92 Å². The fourth-order valence-corrected chi connectivity index (χ4v) is 6.87. The zero-order chi connectivity index (χ0) is 30.7. The van der Waals surface area contributed by atoms with E-state index < -0.39 is 5.41 Å². The molecule has 4 aromatic rings. The van der Waals surface area contributed by atoms with Crippen LogP contribution < -0.4 is 14.2 Å². The number of imidazole rings is 1. The van der Waals surface area contributed by atoms with Crippen LogP contribution in [0.5, 0.6) is 17.2 Å². The van der Waals surface area contributed by atoms with Crippen molar-refractivity contribution in [3.63, 3.8) is 0 Å². The van der Waals surface area contributed by atoms with Crippen LogP contribution in [0.4, 0.5) is 0 Å². The predicted octanol–water partition coefficient (Wildman–Crippen LogP) is 5.24. The van der Waals surface area contributed by atoms with Gasteiger partial charge in [0, 0.05) is 19.0 Å². The Kier molecular flexibility index (Phi) is 8.57. The van der Waals surface area contributed by atoms with Crippen molar-refractivity contribution in [3.05, 3.63) is 83.7 Å². The number of hydrogen-bond donors (Lipinski definition) is 1. The number of ether oxygens (including phenoxy) is 3. The maximum absolute atomic E-state index is 14.3. The topological polar surface area (TPSA) is 97.0 Å². The van der Waals surface area contributed by atoms with Crippen molar-refractivity contribution in [1.82, 2.24) is 19.8 Å². The number of para-hydroxylation sites is 2. The smallest absolute Gasteiger partial charge is 0.233 e. The zero-order valence-corrected chi connectivity index (χ0v) is 25.7. The Bertz CT molecular complexity index is 1570. The summed E-state index contributed by atoms with van der Waals surface area (Å²) in [5.74, 6) is 2.33. The number of methoxy groups -OCH3 is 3. The molecule has 1 unspecified atom stereocenters. The largest absolute Gasteiger partial charge is 0.493 e. The minimum absolute atomic E-state index is 0.0445. The summed E-state index contributed by atoms with van der Waals surface area (Å²) in [4.78, 5) is 39.6. The van der Waals surface area contributed by atoms with Crippen molar-refractivity contribution in [1.29, 1.82) is 0 Å². The second kappa shape index (κ2) is 12.7. The minimum atomic E-state index is -0.594. The van der Waals surface area contributed by atoms with Crippen LogP contribution in [0.1, 0.15) is 47.4 Å². The second-order valence-electron chi connectivity index (χ2n) is 11.8. The van der Waals surface area contributed by atoms with Gasteiger partial charge in [0.1, 0.15) is 0 Å². The van der Waals surface area contributed by atoms with Gasteiger partial charge < -0.3 is 29.0 Å². The highest BCUT2D eigenvalue weighted by atomic mass is 16.5. The van der Waals surface area contributed by atoms with Gasteiger partial charge >= 0.3 is 0 Å². The molecule has 1 N–H and O–H groups in total. The first-order valence-electron chi connectivity index (χ1n) is 15.3. The predicted molar refractivity (Wildman–Crippen MR) is 168 cm³/mol. The number of nitrogens with one attached hydrogen (secondary N) is 1. The lowest BCUT2D eigenvalue weighted by atomic mass is 9.76. The summed E-state index contributed by atoms with van der Waals surface area (Å²) < 4.78 is 16.6. The molecule has 0 radical (unpaired) electrons. The standard InChI is InChI=1S/C35H40N4O5/c1-42-29-21-24(22-30(43-2)32(29)44-3)23-39-20-16-35(34(39)41,26-9-5-4-6-10-26)15-19-38-17-13-25(14-18-38)31(40)33-36-27-11-7-8-12-28(27)37-33/h4-12,21-22,25H,13-20,23H2,1-3H3,(H,36,37). The van der Waals surface area contributed by atoms with Gasteiger partial charge in [0.05, 0.1) is 37.8 Å². The molecule has 2 aliphatic heterocycles. The van der Waals surface area contributed by atoms with E-state index >= 15 is 0 Å². The number of likely N-dealkylation sites (tertiary alicyclic amines) is 2. The number of nitrogens with zero attached hydrogens (tertiary/aromatic N) is 3. The van der Waals surface area contributed by atoms with E-state index in [9.17, 15) is 9.59 Å². The van der Waals surface area contributed by atoms with Crippen molar-refractivity contribution in [2.45, 2.75) is 37.6 Å². The molecule has 1 atom stereocenters. The molecule has 6 rings (SSSR count). The summed E-state index contributed by atoms with van der Waals surface area (Å²) in [6.45, 7) is 3.57. The molecule has 0 saturated carbocycles. The summed E-state index contributed by atoms with van der Waals surface area (Å²) in [5, 5.41) is 0. The molecule has 0 spiro atoms. The average Bonchev–Trinajstić information content (AvgIpc) is 3.65. The molecule has 0 aliphatic carbocycles. The van der Waals surface area contributed by atoms with Gasteiger partial charge in [0.25, 0.3) is 0 Å². The van der Waals surface area contributed by atoms with Crippen LogP contribution in [0.3, 0.4) is 0 Å². The maximum Gasteiger partial charge on any atom is 0.233 e. The average molecular weight is 597 g/mol. The molecular formula is C35H40N4O5. The fraction of sp³-hybridized carbons (Fsp3) is 0.400. The second-order valence-corrected chi connectivity index (χ2v) is 11.8. The van der Waals surface area contributed by atoms with Gasteiger partial charge in [-0.2, -0.15) is 0 Å². The van der Waals surface area contributed by atoms with Crippen LogP contribution in [0, 0.1) is 5.92 Å². The van der Waals surface area contributed by atoms with E-state index in [1.54, 1.807) is 21.3 Å². The Morgan fingerprint density at radius 1 is 0.932 bits per heavy atom. The third-order valence-corrected chi connectivity index (χ3v) is 9.37. The number of Topliss-reactive ketones (excluding diaryl/α,β-unsaturated/α-hetero) is 1. The molecule has 0 bridgehead atoms. The number of aromatic amines is 1. The van der Waals surface area contributed by atoms with Crippen LogP contribution in [-0.4, -0.2) is 79.0 Å². The Hall–Kier alpha value is -4.37. The van der Waals surface area contributed by atoms with Crippen molar-refractivity contribution in [3.8, 4) is 17.2 Å². The number of rotatable bonds is 11. The molecule has 2 aliphatic rings. The lowest BCUT2D eigenvalue weighted by Crippen LogP contribution is -2.43. The molecule has 44 heavy (non-hydrogen) atoms. The van der Waals surface area contributed by atoms with E-state index in [-0.39, 0.29) is 17.6 Å². The highest BCUT2D eigenvalue weighted by molar-refractivity contribution is 5.97. The van der Waals surface area contributed by atoms with E-state index in [2.05, 4.69) is 27.0 Å². The first-order valence-corrected chi connectivity index (χ1v) is 15.3. The van der Waals surface area contributed by atoms with Gasteiger partial charge in [0.2, 0.25) is 17.4 Å². The van der Waals surface area contributed by atoms with Crippen LogP contribution in [0.2, 0.25) is 0 Å². The summed E-state index contributed by atoms with van der Waals surface area (Å²) in [6.07, 6.45) is 3.05. The van der Waals surface area contributed by atoms with E-state index in [1.807, 2.05) is 59.5 Å². The molecule has 1 amide bonds. The van der Waals surface area contributed by atoms with Crippen LogP contribution >= 0.6 is 0 Å². The van der Waals surface area contributed by atoms with Gasteiger partial charge in [-0.1, -0.05) is 42.5 Å². The first kappa shape index (κ1) is 29.7. The summed E-state index contributed by atoms with van der Waals surface area (Å²) in [7, 11) is 4.78. The van der Waals surface area contributed by atoms with Crippen molar-refractivity contribution < 1.29 is 23.8 Å². The van der Waals surface area contributed by atoms with Crippen LogP contribution in [-0.2, 0) is 16.8 Å².